The van der Waals surface area contributed by atoms with Gasteiger partial charge >= 0.3 is 62.0 Å². The van der Waals surface area contributed by atoms with Crippen molar-refractivity contribution in [2.45, 2.75) is 69.1 Å². The van der Waals surface area contributed by atoms with E-state index in [0.717, 1.165) is 47.6 Å². The van der Waals surface area contributed by atoms with Gasteiger partial charge in [0.15, 0.2) is 5.71 Å². The first kappa shape index (κ1) is 44.4. The molecular formula is C34H42IKN4O8S2. The van der Waals surface area contributed by atoms with Gasteiger partial charge in [-0.25, -0.2) is 13.0 Å². The average molecular weight is 865 g/mol. The Morgan fingerprint density at radius 1 is 1.00 bits per heavy atom. The van der Waals surface area contributed by atoms with Gasteiger partial charge in [0.05, 0.1) is 9.32 Å². The molecule has 2 aliphatic heterocycles. The van der Waals surface area contributed by atoms with Crippen LogP contribution in [-0.2, 0) is 41.1 Å². The number of benzene rings is 2. The molecule has 0 spiro atoms. The summed E-state index contributed by atoms with van der Waals surface area (Å²) in [4.78, 5) is 25.5. The predicted octanol–water partition coefficient (Wildman–Crippen LogP) is 0.862. The van der Waals surface area contributed by atoms with E-state index in [4.69, 9.17) is 12.6 Å². The minimum Gasteiger partial charge on any atom is -0.744 e. The summed E-state index contributed by atoms with van der Waals surface area (Å²) in [6.07, 6.45) is 9.03. The molecule has 0 aliphatic carbocycles. The molecule has 4 rings (SSSR count). The Balaban J connectivity index is 0.00000164. The van der Waals surface area contributed by atoms with Crippen LogP contribution >= 0.6 is 22.6 Å². The molecule has 2 heterocycles. The quantitative estimate of drug-likeness (QED) is 0.0564. The smallest absolute Gasteiger partial charge is 0.744 e. The number of carbonyl (C=O) groups is 2. The summed E-state index contributed by atoms with van der Waals surface area (Å²) >= 11 is 1.99. The fourth-order valence-electron chi connectivity index (χ4n) is 6.28. The van der Waals surface area contributed by atoms with Gasteiger partial charge in [-0.1, -0.05) is 68.3 Å². The topological polar surface area (TPSA) is 173 Å². The zero-order chi connectivity index (χ0) is 36.6. The van der Waals surface area contributed by atoms with Crippen molar-refractivity contribution in [3.8, 4) is 0 Å². The standard InChI is InChI=1S/C34H43IN4O5S.K.O3S/c1-33(2)25-12-8-9-13-27(25)38(5)29(33)14-11-15-30-34(3,4)26-22-24(45(42,43)44)17-18-28(26)39(30)21-10-6-7-16-31(40)36-19-20-37-32(41)23-35;;1-4(2)3/h9,11-15,17-18,22H,6-7,10,16,19-21,23H2,1-5H3,(H,36,40)(H,37,41)(H,42,43,44);;/q;+1;/p-1. The summed E-state index contributed by atoms with van der Waals surface area (Å²) in [5.41, 5.74) is 5.46. The van der Waals surface area contributed by atoms with Gasteiger partial charge in [-0.05, 0) is 42.7 Å². The number of anilines is 1. The van der Waals surface area contributed by atoms with Crippen LogP contribution in [0.2, 0.25) is 0 Å². The minimum absolute atomic E-state index is 0. The molecule has 2 aromatic rings. The molecule has 2 aromatic carbocycles. The summed E-state index contributed by atoms with van der Waals surface area (Å²) in [5.74, 6) is -0.0927. The van der Waals surface area contributed by atoms with E-state index in [1.807, 2.05) is 48.6 Å². The number of halogens is 1. The molecule has 266 valence electrons. The summed E-state index contributed by atoms with van der Waals surface area (Å²) in [7, 11) is -5.65. The molecule has 0 bridgehead atoms. The van der Waals surface area contributed by atoms with Crippen LogP contribution in [0.15, 0.2) is 65.2 Å². The third-order valence-electron chi connectivity index (χ3n) is 8.71. The summed E-state index contributed by atoms with van der Waals surface area (Å²) in [6.45, 7) is 9.98. The van der Waals surface area contributed by atoms with Crippen LogP contribution < -0.4 is 66.9 Å². The van der Waals surface area contributed by atoms with Gasteiger partial charge in [-0.2, -0.15) is 18.2 Å². The number of alkyl halides is 1. The largest absolute Gasteiger partial charge is 1.00 e. The van der Waals surface area contributed by atoms with Crippen molar-refractivity contribution in [3.63, 3.8) is 0 Å². The monoisotopic (exact) mass is 864 g/mol. The predicted molar refractivity (Wildman–Crippen MR) is 194 cm³/mol. The number of allylic oxidation sites excluding steroid dienone is 4. The third kappa shape index (κ3) is 11.4. The number of rotatable bonds is 13. The molecule has 0 atom stereocenters. The number of hydrogen-bond acceptors (Lipinski definition) is 9. The van der Waals surface area contributed by atoms with E-state index < -0.39 is 26.1 Å². The van der Waals surface area contributed by atoms with Crippen LogP contribution in [0.25, 0.3) is 0 Å². The van der Waals surface area contributed by atoms with Gasteiger partial charge in [0.25, 0.3) is 0 Å². The number of fused-ring (bicyclic) bond motifs is 2. The summed E-state index contributed by atoms with van der Waals surface area (Å²) < 4.78 is 63.6. The van der Waals surface area contributed by atoms with Crippen LogP contribution in [0.3, 0.4) is 0 Å². The molecule has 0 unspecified atom stereocenters. The van der Waals surface area contributed by atoms with Crippen molar-refractivity contribution in [1.82, 2.24) is 10.6 Å². The molecule has 16 heteroatoms. The first-order valence-electron chi connectivity index (χ1n) is 15.7. The first-order valence-corrected chi connectivity index (χ1v) is 19.6. The number of amides is 2. The molecule has 0 aromatic heterocycles. The Morgan fingerprint density at radius 2 is 1.64 bits per heavy atom. The number of unbranched alkanes of at least 4 members (excludes halogenated alkanes) is 2. The van der Waals surface area contributed by atoms with Crippen LogP contribution in [0, 0.1) is 6.07 Å². The van der Waals surface area contributed by atoms with Crippen molar-refractivity contribution >= 4 is 72.2 Å². The molecule has 12 nitrogen and oxygen atoms in total. The maximum Gasteiger partial charge on any atom is 1.00 e. The maximum atomic E-state index is 12.2. The van der Waals surface area contributed by atoms with E-state index in [9.17, 15) is 22.6 Å². The molecule has 0 fully saturated rings. The van der Waals surface area contributed by atoms with Gasteiger partial charge in [0.2, 0.25) is 11.8 Å². The molecule has 50 heavy (non-hydrogen) atoms. The molecule has 0 saturated heterocycles. The Morgan fingerprint density at radius 3 is 2.24 bits per heavy atom. The van der Waals surface area contributed by atoms with Crippen molar-refractivity contribution in [2.24, 2.45) is 0 Å². The van der Waals surface area contributed by atoms with Gasteiger partial charge in [-0.3, -0.25) is 9.59 Å². The van der Waals surface area contributed by atoms with Gasteiger partial charge < -0.3 is 20.1 Å². The molecule has 0 saturated carbocycles. The van der Waals surface area contributed by atoms with E-state index >= 15 is 0 Å². The van der Waals surface area contributed by atoms with E-state index in [2.05, 4.69) is 71.4 Å². The Kier molecular flexibility index (Phi) is 17.2. The second-order valence-corrected chi connectivity index (χ2v) is 15.2. The van der Waals surface area contributed by atoms with Crippen LogP contribution in [-0.4, -0.2) is 78.8 Å². The van der Waals surface area contributed by atoms with E-state index in [0.29, 0.717) is 30.5 Å². The van der Waals surface area contributed by atoms with Crippen LogP contribution in [0.5, 0.6) is 0 Å². The maximum absolute atomic E-state index is 12.2. The molecule has 2 N–H and O–H groups in total. The van der Waals surface area contributed by atoms with Crippen molar-refractivity contribution in [1.29, 1.82) is 0 Å². The number of nitrogens with zero attached hydrogens (tertiary/aromatic N) is 2. The number of hydrogen-bond donors (Lipinski definition) is 2. The third-order valence-corrected chi connectivity index (χ3v) is 10.2. The van der Waals surface area contributed by atoms with Crippen molar-refractivity contribution in [2.75, 3.05) is 36.0 Å². The Bertz CT molecular complexity index is 1890. The fourth-order valence-corrected chi connectivity index (χ4v) is 7.04. The van der Waals surface area contributed by atoms with Crippen molar-refractivity contribution < 1.29 is 91.1 Å². The molecular weight excluding hydrogens is 823 g/mol. The average Bonchev–Trinajstić information content (AvgIpc) is 3.36. The molecule has 2 aliphatic rings. The van der Waals surface area contributed by atoms with Gasteiger partial charge in [-0.15, -0.1) is 18.7 Å². The second kappa shape index (κ2) is 19.3. The second-order valence-electron chi connectivity index (χ2n) is 12.7. The van der Waals surface area contributed by atoms with Gasteiger partial charge in [0.1, 0.15) is 22.9 Å². The van der Waals surface area contributed by atoms with Crippen LogP contribution in [0.1, 0.15) is 64.5 Å². The van der Waals surface area contributed by atoms with Gasteiger partial charge in [0, 0.05) is 54.3 Å². The zero-order valence-corrected chi connectivity index (χ0v) is 36.1. The SMILES string of the molecule is C[N+]1=C(C=CC=C2N(CCCCCC(=O)NCCNC(=O)CI)c3ccc(S(=O)(=O)[O-])cc3C2(C)C)C(C)(C)c2c[c-]ccc21.O=S(=O)=O.[K+]. The summed E-state index contributed by atoms with van der Waals surface area (Å²) in [5, 5.41) is 5.57. The summed E-state index contributed by atoms with van der Waals surface area (Å²) in [6, 6.07) is 13.9. The Labute approximate surface area is 352 Å². The molecule has 0 radical (unpaired) electrons. The Hall–Kier alpha value is -1.77. The zero-order valence-electron chi connectivity index (χ0n) is 29.2. The number of nitrogens with one attached hydrogen (secondary N) is 2. The van der Waals surface area contributed by atoms with E-state index in [1.165, 1.54) is 17.7 Å². The molecule has 2 amide bonds. The normalized spacial score (nSPS) is 16.3. The minimum atomic E-state index is -4.60. The van der Waals surface area contributed by atoms with E-state index in [-0.39, 0.29) is 73.5 Å². The van der Waals surface area contributed by atoms with Crippen LogP contribution in [0.4, 0.5) is 11.4 Å². The first-order chi connectivity index (χ1) is 22.9. The van der Waals surface area contributed by atoms with Crippen molar-refractivity contribution in [3.05, 3.63) is 77.5 Å². The fraction of sp³-hybridized carbons (Fsp3) is 0.441. The van der Waals surface area contributed by atoms with E-state index in [1.54, 1.807) is 6.07 Å². The number of carbonyl (C=O) groups excluding carboxylic acids is 2.